The van der Waals surface area contributed by atoms with Gasteiger partial charge in [-0.25, -0.2) is 0 Å². The SMILES string of the molecule is CC1CN(Cc2ccc3c(c2)CCC3)CCC1N.Cl. The molecule has 0 saturated carbocycles. The Bertz CT molecular complexity index is 433. The van der Waals surface area contributed by atoms with Crippen molar-refractivity contribution in [1.29, 1.82) is 0 Å². The fourth-order valence-electron chi connectivity index (χ4n) is 3.38. The number of rotatable bonds is 2. The molecule has 0 bridgehead atoms. The number of benzene rings is 1. The van der Waals surface area contributed by atoms with E-state index in [2.05, 4.69) is 30.0 Å². The number of nitrogens with zero attached hydrogens (tertiary/aromatic N) is 1. The third kappa shape index (κ3) is 3.31. The van der Waals surface area contributed by atoms with E-state index in [0.717, 1.165) is 26.1 Å². The Hall–Kier alpha value is -0.570. The molecule has 2 aliphatic rings. The van der Waals surface area contributed by atoms with Crippen LogP contribution in [0.3, 0.4) is 0 Å². The molecule has 2 unspecified atom stereocenters. The molecule has 0 aromatic heterocycles. The summed E-state index contributed by atoms with van der Waals surface area (Å²) in [6, 6.07) is 7.50. The van der Waals surface area contributed by atoms with Crippen LogP contribution < -0.4 is 5.73 Å². The first kappa shape index (κ1) is 14.8. The van der Waals surface area contributed by atoms with Gasteiger partial charge in [-0.15, -0.1) is 12.4 Å². The molecule has 1 aliphatic heterocycles. The Kier molecular flexibility index (Phi) is 4.88. The molecule has 3 rings (SSSR count). The van der Waals surface area contributed by atoms with Gasteiger partial charge in [-0.2, -0.15) is 0 Å². The predicted molar refractivity (Wildman–Crippen MR) is 82.7 cm³/mol. The molecule has 0 spiro atoms. The maximum Gasteiger partial charge on any atom is 0.0233 e. The highest BCUT2D eigenvalue weighted by Crippen LogP contribution is 2.24. The van der Waals surface area contributed by atoms with Crippen molar-refractivity contribution < 1.29 is 0 Å². The summed E-state index contributed by atoms with van der Waals surface area (Å²) in [6.07, 6.45) is 5.05. The van der Waals surface area contributed by atoms with Crippen molar-refractivity contribution in [3.05, 3.63) is 34.9 Å². The number of likely N-dealkylation sites (tertiary alicyclic amines) is 1. The Morgan fingerprint density at radius 3 is 2.84 bits per heavy atom. The number of hydrogen-bond donors (Lipinski definition) is 1. The summed E-state index contributed by atoms with van der Waals surface area (Å²) >= 11 is 0. The lowest BCUT2D eigenvalue weighted by molar-refractivity contribution is 0.158. The van der Waals surface area contributed by atoms with Crippen LogP contribution in [0.2, 0.25) is 0 Å². The van der Waals surface area contributed by atoms with E-state index in [-0.39, 0.29) is 12.4 Å². The van der Waals surface area contributed by atoms with Crippen molar-refractivity contribution in [1.82, 2.24) is 4.90 Å². The third-order valence-corrected chi connectivity index (χ3v) is 4.62. The molecule has 3 heteroatoms. The fraction of sp³-hybridized carbons (Fsp3) is 0.625. The molecule has 0 amide bonds. The van der Waals surface area contributed by atoms with Crippen LogP contribution in [0.15, 0.2) is 18.2 Å². The van der Waals surface area contributed by atoms with E-state index in [1.54, 1.807) is 11.1 Å². The number of halogens is 1. The molecule has 106 valence electrons. The van der Waals surface area contributed by atoms with Crippen LogP contribution in [-0.4, -0.2) is 24.0 Å². The second-order valence-corrected chi connectivity index (χ2v) is 6.12. The van der Waals surface area contributed by atoms with Gasteiger partial charge in [0.2, 0.25) is 0 Å². The van der Waals surface area contributed by atoms with E-state index in [9.17, 15) is 0 Å². The van der Waals surface area contributed by atoms with Gasteiger partial charge in [0.05, 0.1) is 0 Å². The molecule has 1 aliphatic carbocycles. The van der Waals surface area contributed by atoms with Crippen molar-refractivity contribution in [2.45, 2.75) is 45.2 Å². The van der Waals surface area contributed by atoms with Crippen LogP contribution in [0.25, 0.3) is 0 Å². The van der Waals surface area contributed by atoms with Crippen LogP contribution in [0.4, 0.5) is 0 Å². The standard InChI is InChI=1S/C16H24N2.ClH/c1-12-10-18(8-7-16(12)17)11-13-5-6-14-3-2-4-15(14)9-13;/h5-6,9,12,16H,2-4,7-8,10-11,17H2,1H3;1H. The van der Waals surface area contributed by atoms with Crippen LogP contribution in [0.5, 0.6) is 0 Å². The average Bonchev–Trinajstić information content (AvgIpc) is 2.81. The highest BCUT2D eigenvalue weighted by atomic mass is 35.5. The van der Waals surface area contributed by atoms with Gasteiger partial charge in [0.25, 0.3) is 0 Å². The lowest BCUT2D eigenvalue weighted by Crippen LogP contribution is -2.45. The molecular weight excluding hydrogens is 256 g/mol. The third-order valence-electron chi connectivity index (χ3n) is 4.62. The molecule has 2 nitrogen and oxygen atoms in total. The quantitative estimate of drug-likeness (QED) is 0.903. The van der Waals surface area contributed by atoms with Crippen LogP contribution in [-0.2, 0) is 19.4 Å². The van der Waals surface area contributed by atoms with E-state index in [1.807, 2.05) is 0 Å². The molecule has 19 heavy (non-hydrogen) atoms. The first-order valence-electron chi connectivity index (χ1n) is 7.31. The Morgan fingerprint density at radius 1 is 1.26 bits per heavy atom. The smallest absolute Gasteiger partial charge is 0.0233 e. The second-order valence-electron chi connectivity index (χ2n) is 6.12. The van der Waals surface area contributed by atoms with Crippen LogP contribution >= 0.6 is 12.4 Å². The molecule has 1 aromatic rings. The summed E-state index contributed by atoms with van der Waals surface area (Å²) in [6.45, 7) is 5.69. The van der Waals surface area contributed by atoms with Gasteiger partial charge < -0.3 is 5.73 Å². The molecular formula is C16H25ClN2. The zero-order valence-electron chi connectivity index (χ0n) is 11.8. The van der Waals surface area contributed by atoms with E-state index >= 15 is 0 Å². The van der Waals surface area contributed by atoms with Gasteiger partial charge in [0.1, 0.15) is 0 Å². The maximum absolute atomic E-state index is 6.08. The molecule has 1 saturated heterocycles. The van der Waals surface area contributed by atoms with E-state index in [0.29, 0.717) is 12.0 Å². The predicted octanol–water partition coefficient (Wildman–Crippen LogP) is 2.77. The molecule has 2 atom stereocenters. The van der Waals surface area contributed by atoms with Crippen molar-refractivity contribution >= 4 is 12.4 Å². The number of hydrogen-bond acceptors (Lipinski definition) is 2. The Labute approximate surface area is 122 Å². The minimum atomic E-state index is 0. The number of aryl methyl sites for hydroxylation is 2. The Morgan fingerprint density at radius 2 is 2.05 bits per heavy atom. The monoisotopic (exact) mass is 280 g/mol. The molecule has 0 radical (unpaired) electrons. The van der Waals surface area contributed by atoms with Gasteiger partial charge in [-0.1, -0.05) is 25.1 Å². The number of nitrogens with two attached hydrogens (primary N) is 1. The summed E-state index contributed by atoms with van der Waals surface area (Å²) in [4.78, 5) is 2.56. The molecule has 2 N–H and O–H groups in total. The maximum atomic E-state index is 6.08. The van der Waals surface area contributed by atoms with Gasteiger partial charge in [-0.3, -0.25) is 4.90 Å². The van der Waals surface area contributed by atoms with Gasteiger partial charge in [-0.05, 0) is 54.8 Å². The second kappa shape index (κ2) is 6.25. The minimum Gasteiger partial charge on any atom is -0.327 e. The van der Waals surface area contributed by atoms with Crippen molar-refractivity contribution in [3.63, 3.8) is 0 Å². The molecule has 1 aromatic carbocycles. The Balaban J connectivity index is 0.00000133. The highest BCUT2D eigenvalue weighted by molar-refractivity contribution is 5.85. The lowest BCUT2D eigenvalue weighted by Gasteiger charge is -2.35. The highest BCUT2D eigenvalue weighted by Gasteiger charge is 2.23. The summed E-state index contributed by atoms with van der Waals surface area (Å²) in [7, 11) is 0. The van der Waals surface area contributed by atoms with E-state index < -0.39 is 0 Å². The van der Waals surface area contributed by atoms with E-state index in [4.69, 9.17) is 5.73 Å². The molecule has 1 heterocycles. The molecule has 1 fully saturated rings. The largest absolute Gasteiger partial charge is 0.327 e. The number of fused-ring (bicyclic) bond motifs is 1. The normalized spacial score (nSPS) is 26.8. The zero-order chi connectivity index (χ0) is 12.5. The first-order valence-corrected chi connectivity index (χ1v) is 7.31. The zero-order valence-corrected chi connectivity index (χ0v) is 12.6. The lowest BCUT2D eigenvalue weighted by atomic mass is 9.94. The van der Waals surface area contributed by atoms with Crippen molar-refractivity contribution in [2.75, 3.05) is 13.1 Å². The average molecular weight is 281 g/mol. The summed E-state index contributed by atoms with van der Waals surface area (Å²) < 4.78 is 0. The first-order chi connectivity index (χ1) is 8.72. The number of piperidine rings is 1. The van der Waals surface area contributed by atoms with Gasteiger partial charge in [0.15, 0.2) is 0 Å². The van der Waals surface area contributed by atoms with Crippen LogP contribution in [0, 0.1) is 5.92 Å². The topological polar surface area (TPSA) is 29.3 Å². The van der Waals surface area contributed by atoms with Gasteiger partial charge in [0, 0.05) is 19.1 Å². The van der Waals surface area contributed by atoms with Crippen molar-refractivity contribution in [2.24, 2.45) is 11.7 Å². The van der Waals surface area contributed by atoms with Crippen LogP contribution in [0.1, 0.15) is 36.5 Å². The van der Waals surface area contributed by atoms with Crippen molar-refractivity contribution in [3.8, 4) is 0 Å². The van der Waals surface area contributed by atoms with E-state index in [1.165, 1.54) is 24.8 Å². The minimum absolute atomic E-state index is 0. The fourth-order valence-corrected chi connectivity index (χ4v) is 3.38. The summed E-state index contributed by atoms with van der Waals surface area (Å²) in [5, 5.41) is 0. The summed E-state index contributed by atoms with van der Waals surface area (Å²) in [5.41, 5.74) is 10.7. The summed E-state index contributed by atoms with van der Waals surface area (Å²) in [5.74, 6) is 0.633. The van der Waals surface area contributed by atoms with Gasteiger partial charge >= 0.3 is 0 Å².